The Hall–Kier alpha value is -0.0800. The molecule has 0 aromatic carbocycles. The summed E-state index contributed by atoms with van der Waals surface area (Å²) in [5.41, 5.74) is 0.775. The van der Waals surface area contributed by atoms with E-state index in [1.165, 1.54) is 45.3 Å². The van der Waals surface area contributed by atoms with Crippen LogP contribution >= 0.6 is 0 Å². The highest BCUT2D eigenvalue weighted by Gasteiger charge is 2.47. The van der Waals surface area contributed by atoms with Gasteiger partial charge in [0.2, 0.25) is 0 Å². The molecule has 1 aliphatic heterocycles. The predicted octanol–water partition coefficient (Wildman–Crippen LogP) is 1.63. The van der Waals surface area contributed by atoms with Crippen LogP contribution in [0.1, 0.15) is 38.5 Å². The average Bonchev–Trinajstić information content (AvgIpc) is 2.39. The van der Waals surface area contributed by atoms with Crippen molar-refractivity contribution in [3.63, 3.8) is 0 Å². The van der Waals surface area contributed by atoms with Crippen molar-refractivity contribution in [1.29, 1.82) is 0 Å². The predicted molar refractivity (Wildman–Crippen MR) is 56.1 cm³/mol. The van der Waals surface area contributed by atoms with E-state index >= 15 is 0 Å². The van der Waals surface area contributed by atoms with Crippen molar-refractivity contribution in [3.8, 4) is 0 Å². The van der Waals surface area contributed by atoms with E-state index in [4.69, 9.17) is 0 Å². The summed E-state index contributed by atoms with van der Waals surface area (Å²) >= 11 is 0. The molecule has 14 heavy (non-hydrogen) atoms. The van der Waals surface area contributed by atoms with Crippen molar-refractivity contribution in [3.05, 3.63) is 0 Å². The first-order chi connectivity index (χ1) is 6.76. The molecule has 0 aromatic rings. The highest BCUT2D eigenvalue weighted by atomic mass is 16.3. The van der Waals surface area contributed by atoms with Gasteiger partial charge in [0.25, 0.3) is 0 Å². The molecule has 1 N–H and O–H groups in total. The molecule has 0 radical (unpaired) electrons. The van der Waals surface area contributed by atoms with Crippen molar-refractivity contribution in [2.75, 3.05) is 19.6 Å². The van der Waals surface area contributed by atoms with Gasteiger partial charge in [-0.15, -0.1) is 0 Å². The summed E-state index contributed by atoms with van der Waals surface area (Å²) < 4.78 is 0. The summed E-state index contributed by atoms with van der Waals surface area (Å²) in [5.74, 6) is 0.794. The van der Waals surface area contributed by atoms with E-state index in [0.29, 0.717) is 0 Å². The molecule has 3 aliphatic rings. The highest BCUT2D eigenvalue weighted by Crippen LogP contribution is 2.48. The zero-order chi connectivity index (χ0) is 9.60. The van der Waals surface area contributed by atoms with Gasteiger partial charge in [-0.05, 0) is 43.4 Å². The van der Waals surface area contributed by atoms with Crippen molar-refractivity contribution in [2.24, 2.45) is 11.3 Å². The van der Waals surface area contributed by atoms with Crippen LogP contribution in [0.15, 0.2) is 0 Å². The number of aliphatic hydroxyl groups excluding tert-OH is 1. The maximum Gasteiger partial charge on any atom is 0.0543 e. The Labute approximate surface area is 86.3 Å². The third-order valence-corrected chi connectivity index (χ3v) is 4.56. The molecule has 2 atom stereocenters. The highest BCUT2D eigenvalue weighted by molar-refractivity contribution is 5.00. The van der Waals surface area contributed by atoms with Gasteiger partial charge in [0.15, 0.2) is 0 Å². The summed E-state index contributed by atoms with van der Waals surface area (Å²) in [6.45, 7) is 3.98. The molecule has 0 bridgehead atoms. The number of nitrogens with zero attached hydrogens (tertiary/aromatic N) is 1. The van der Waals surface area contributed by atoms with Gasteiger partial charge in [-0.1, -0.05) is 6.42 Å². The van der Waals surface area contributed by atoms with Crippen LogP contribution in [0.25, 0.3) is 0 Å². The number of hydrogen-bond acceptors (Lipinski definition) is 2. The maximum atomic E-state index is 9.44. The van der Waals surface area contributed by atoms with Crippen LogP contribution in [0.3, 0.4) is 0 Å². The molecular weight excluding hydrogens is 174 g/mol. The van der Waals surface area contributed by atoms with Gasteiger partial charge >= 0.3 is 0 Å². The molecule has 2 saturated carbocycles. The lowest BCUT2D eigenvalue weighted by Crippen LogP contribution is -2.60. The van der Waals surface area contributed by atoms with Crippen LogP contribution < -0.4 is 0 Å². The first-order valence-corrected chi connectivity index (χ1v) is 6.16. The molecule has 3 rings (SSSR count). The lowest BCUT2D eigenvalue weighted by molar-refractivity contribution is -0.0665. The van der Waals surface area contributed by atoms with Crippen LogP contribution in [0.2, 0.25) is 0 Å². The van der Waals surface area contributed by atoms with E-state index in [1.807, 2.05) is 0 Å². The maximum absolute atomic E-state index is 9.44. The van der Waals surface area contributed by atoms with E-state index in [2.05, 4.69) is 4.90 Å². The van der Waals surface area contributed by atoms with E-state index in [0.717, 1.165) is 24.2 Å². The van der Waals surface area contributed by atoms with Gasteiger partial charge in [0.05, 0.1) is 6.10 Å². The normalized spacial score (nSPS) is 40.9. The Morgan fingerprint density at radius 1 is 1.21 bits per heavy atom. The molecule has 0 aromatic heterocycles. The molecule has 1 spiro atoms. The molecule has 2 unspecified atom stereocenters. The number of rotatable bonds is 2. The molecule has 2 aliphatic carbocycles. The zero-order valence-electron chi connectivity index (χ0n) is 8.91. The van der Waals surface area contributed by atoms with Gasteiger partial charge in [-0.25, -0.2) is 0 Å². The zero-order valence-corrected chi connectivity index (χ0v) is 8.91. The summed E-state index contributed by atoms with van der Waals surface area (Å²) in [6.07, 6.45) is 7.81. The van der Waals surface area contributed by atoms with E-state index in [9.17, 15) is 5.11 Å². The van der Waals surface area contributed by atoms with Crippen LogP contribution in [0.5, 0.6) is 0 Å². The minimum Gasteiger partial charge on any atom is -0.393 e. The van der Waals surface area contributed by atoms with Gasteiger partial charge in [-0.3, -0.25) is 0 Å². The van der Waals surface area contributed by atoms with Crippen molar-refractivity contribution in [1.82, 2.24) is 4.90 Å². The van der Waals surface area contributed by atoms with Crippen molar-refractivity contribution in [2.45, 2.75) is 44.6 Å². The summed E-state index contributed by atoms with van der Waals surface area (Å²) in [6, 6.07) is 0. The minimum atomic E-state index is 0.0129. The van der Waals surface area contributed by atoms with Crippen molar-refractivity contribution < 1.29 is 5.11 Å². The van der Waals surface area contributed by atoms with Crippen LogP contribution in [-0.4, -0.2) is 35.7 Å². The SMILES string of the molecule is OC1CCC(CN2CC3(CCC3)C2)C1. The monoisotopic (exact) mass is 195 g/mol. The fraction of sp³-hybridized carbons (Fsp3) is 1.00. The lowest BCUT2D eigenvalue weighted by Gasteiger charge is -2.56. The number of aliphatic hydroxyl groups is 1. The second kappa shape index (κ2) is 3.21. The first-order valence-electron chi connectivity index (χ1n) is 6.16. The van der Waals surface area contributed by atoms with E-state index in [-0.39, 0.29) is 6.10 Å². The third-order valence-electron chi connectivity index (χ3n) is 4.56. The standard InChI is InChI=1S/C12H21NO/c14-11-3-2-10(6-11)7-13-8-12(9-13)4-1-5-12/h10-11,14H,1-9H2. The van der Waals surface area contributed by atoms with Gasteiger partial charge in [0, 0.05) is 19.6 Å². The largest absolute Gasteiger partial charge is 0.393 e. The Morgan fingerprint density at radius 3 is 2.50 bits per heavy atom. The smallest absolute Gasteiger partial charge is 0.0543 e. The Balaban J connectivity index is 1.42. The van der Waals surface area contributed by atoms with Crippen LogP contribution in [0, 0.1) is 11.3 Å². The Bertz CT molecular complexity index is 216. The first kappa shape index (κ1) is 9.17. The Morgan fingerprint density at radius 2 is 2.00 bits per heavy atom. The molecular formula is C12H21NO. The fourth-order valence-electron chi connectivity index (χ4n) is 3.60. The van der Waals surface area contributed by atoms with Crippen LogP contribution in [-0.2, 0) is 0 Å². The third kappa shape index (κ3) is 1.49. The second-order valence-electron chi connectivity index (χ2n) is 5.86. The molecule has 2 heteroatoms. The minimum absolute atomic E-state index is 0.0129. The number of likely N-dealkylation sites (tertiary alicyclic amines) is 1. The van der Waals surface area contributed by atoms with Crippen LogP contribution in [0.4, 0.5) is 0 Å². The quantitative estimate of drug-likeness (QED) is 0.724. The summed E-state index contributed by atoms with van der Waals surface area (Å²) in [4.78, 5) is 2.61. The topological polar surface area (TPSA) is 23.5 Å². The molecule has 0 amide bonds. The molecule has 2 nitrogen and oxygen atoms in total. The van der Waals surface area contributed by atoms with E-state index < -0.39 is 0 Å². The second-order valence-corrected chi connectivity index (χ2v) is 5.86. The summed E-state index contributed by atoms with van der Waals surface area (Å²) in [5, 5.41) is 9.44. The number of hydrogen-bond donors (Lipinski definition) is 1. The van der Waals surface area contributed by atoms with Gasteiger partial charge in [-0.2, -0.15) is 0 Å². The van der Waals surface area contributed by atoms with Gasteiger partial charge in [0.1, 0.15) is 0 Å². The van der Waals surface area contributed by atoms with Crippen molar-refractivity contribution >= 4 is 0 Å². The Kier molecular flexibility index (Phi) is 2.10. The van der Waals surface area contributed by atoms with E-state index in [1.54, 1.807) is 0 Å². The lowest BCUT2D eigenvalue weighted by atomic mass is 9.63. The molecule has 80 valence electrons. The molecule has 1 heterocycles. The molecule has 3 fully saturated rings. The fourth-order valence-corrected chi connectivity index (χ4v) is 3.60. The summed E-state index contributed by atoms with van der Waals surface area (Å²) in [7, 11) is 0. The molecule has 1 saturated heterocycles. The van der Waals surface area contributed by atoms with Gasteiger partial charge < -0.3 is 10.0 Å². The average molecular weight is 195 g/mol.